The molecule has 2 N–H and O–H groups in total. The Labute approximate surface area is 131 Å². The third kappa shape index (κ3) is 3.76. The summed E-state index contributed by atoms with van der Waals surface area (Å²) in [5.41, 5.74) is 0.817. The molecular formula is C16H22ClNO3. The topological polar surface area (TPSA) is 58.6 Å². The minimum absolute atomic E-state index is 0. The second-order valence-corrected chi connectivity index (χ2v) is 5.81. The fraction of sp³-hybridized carbons (Fsp3) is 0.562. The molecule has 21 heavy (non-hydrogen) atoms. The molecule has 2 bridgehead atoms. The molecule has 0 amide bonds. The molecule has 2 heterocycles. The Bertz CT molecular complexity index is 456. The molecule has 3 rings (SSSR count). The number of halogens is 1. The van der Waals surface area contributed by atoms with Crippen molar-refractivity contribution < 1.29 is 14.6 Å². The van der Waals surface area contributed by atoms with Crippen molar-refractivity contribution in [2.24, 2.45) is 0 Å². The van der Waals surface area contributed by atoms with Gasteiger partial charge in [-0.15, -0.1) is 12.4 Å². The molecule has 0 aromatic heterocycles. The summed E-state index contributed by atoms with van der Waals surface area (Å²) in [6.45, 7) is -0.208. The Morgan fingerprint density at radius 1 is 1.24 bits per heavy atom. The number of esters is 1. The summed E-state index contributed by atoms with van der Waals surface area (Å²) >= 11 is 0. The summed E-state index contributed by atoms with van der Waals surface area (Å²) in [5, 5.41) is 13.0. The third-order valence-electron chi connectivity index (χ3n) is 4.38. The predicted molar refractivity (Wildman–Crippen MR) is 82.6 cm³/mol. The van der Waals surface area contributed by atoms with Crippen molar-refractivity contribution in [3.8, 4) is 0 Å². The Morgan fingerprint density at radius 3 is 2.43 bits per heavy atom. The maximum Gasteiger partial charge on any atom is 0.316 e. The number of fused-ring (bicyclic) bond motifs is 2. The Balaban J connectivity index is 0.00000161. The number of rotatable bonds is 4. The summed E-state index contributed by atoms with van der Waals surface area (Å²) in [7, 11) is 0. The molecule has 2 fully saturated rings. The summed E-state index contributed by atoms with van der Waals surface area (Å²) in [6, 6.07) is 10.3. The smallest absolute Gasteiger partial charge is 0.316 e. The van der Waals surface area contributed by atoms with Crippen LogP contribution in [0.1, 0.15) is 37.2 Å². The van der Waals surface area contributed by atoms with Crippen molar-refractivity contribution in [2.75, 3.05) is 6.61 Å². The van der Waals surface area contributed by atoms with E-state index in [1.54, 1.807) is 0 Å². The number of carbonyl (C=O) groups excluding carboxylic acids is 1. The first kappa shape index (κ1) is 16.3. The van der Waals surface area contributed by atoms with E-state index in [0.29, 0.717) is 12.1 Å². The zero-order valence-corrected chi connectivity index (χ0v) is 12.7. The van der Waals surface area contributed by atoms with Gasteiger partial charge in [0.15, 0.2) is 0 Å². The Hall–Kier alpha value is -1.10. The number of benzene rings is 1. The van der Waals surface area contributed by atoms with Crippen LogP contribution < -0.4 is 5.32 Å². The van der Waals surface area contributed by atoms with E-state index in [2.05, 4.69) is 5.32 Å². The maximum atomic E-state index is 12.3. The fourth-order valence-corrected chi connectivity index (χ4v) is 3.35. The highest BCUT2D eigenvalue weighted by Gasteiger charge is 2.36. The van der Waals surface area contributed by atoms with Crippen LogP contribution in [0.25, 0.3) is 0 Å². The quantitative estimate of drug-likeness (QED) is 0.835. The molecule has 5 heteroatoms. The van der Waals surface area contributed by atoms with E-state index < -0.39 is 5.92 Å². The van der Waals surface area contributed by atoms with Gasteiger partial charge in [-0.3, -0.25) is 4.79 Å². The highest BCUT2D eigenvalue weighted by molar-refractivity contribution is 5.85. The summed E-state index contributed by atoms with van der Waals surface area (Å²) in [6.07, 6.45) is 4.16. The van der Waals surface area contributed by atoms with Crippen LogP contribution in [0.15, 0.2) is 30.3 Å². The first-order chi connectivity index (χ1) is 9.76. The SMILES string of the molecule is Cl.O=C(OC1C[C@H]2CC[C@@H](C1)N2)C(CO)c1ccccc1. The van der Waals surface area contributed by atoms with Crippen LogP contribution in [0, 0.1) is 0 Å². The first-order valence-electron chi connectivity index (χ1n) is 7.38. The van der Waals surface area contributed by atoms with E-state index in [9.17, 15) is 9.90 Å². The summed E-state index contributed by atoms with van der Waals surface area (Å²) in [4.78, 5) is 12.3. The van der Waals surface area contributed by atoms with Gasteiger partial charge in [-0.05, 0) is 31.2 Å². The second kappa shape index (κ2) is 7.25. The molecule has 2 unspecified atom stereocenters. The molecule has 4 nitrogen and oxygen atoms in total. The number of aliphatic hydroxyl groups excluding tert-OH is 1. The van der Waals surface area contributed by atoms with E-state index in [1.165, 1.54) is 12.8 Å². The highest BCUT2D eigenvalue weighted by atomic mass is 35.5. The Kier molecular flexibility index (Phi) is 5.62. The van der Waals surface area contributed by atoms with Crippen molar-refractivity contribution in [1.29, 1.82) is 0 Å². The van der Waals surface area contributed by atoms with Crippen molar-refractivity contribution in [3.63, 3.8) is 0 Å². The van der Waals surface area contributed by atoms with Crippen LogP contribution in [0.4, 0.5) is 0 Å². The maximum absolute atomic E-state index is 12.3. The standard InChI is InChI=1S/C16H21NO3.ClH/c18-10-15(11-4-2-1-3-5-11)16(19)20-14-8-12-6-7-13(9-14)17-12;/h1-5,12-15,17-18H,6-10H2;1H/t12-,13+,14?,15?;. The van der Waals surface area contributed by atoms with E-state index in [1.807, 2.05) is 30.3 Å². The molecule has 116 valence electrons. The van der Waals surface area contributed by atoms with Gasteiger partial charge >= 0.3 is 5.97 Å². The van der Waals surface area contributed by atoms with Crippen LogP contribution >= 0.6 is 12.4 Å². The molecule has 0 radical (unpaired) electrons. The van der Waals surface area contributed by atoms with Gasteiger partial charge in [0.1, 0.15) is 12.0 Å². The van der Waals surface area contributed by atoms with E-state index in [-0.39, 0.29) is 31.1 Å². The van der Waals surface area contributed by atoms with Crippen LogP contribution in [0.2, 0.25) is 0 Å². The van der Waals surface area contributed by atoms with Crippen LogP contribution in [0.3, 0.4) is 0 Å². The minimum atomic E-state index is -0.566. The van der Waals surface area contributed by atoms with Gasteiger partial charge in [-0.2, -0.15) is 0 Å². The normalized spacial score (nSPS) is 28.5. The largest absolute Gasteiger partial charge is 0.462 e. The van der Waals surface area contributed by atoms with Crippen LogP contribution in [-0.4, -0.2) is 35.9 Å². The number of hydrogen-bond donors (Lipinski definition) is 2. The second-order valence-electron chi connectivity index (χ2n) is 5.81. The minimum Gasteiger partial charge on any atom is -0.462 e. The molecule has 0 aliphatic carbocycles. The number of piperidine rings is 1. The summed E-state index contributed by atoms with van der Waals surface area (Å²) in [5.74, 6) is -0.867. The van der Waals surface area contributed by atoms with Crippen molar-refractivity contribution in [1.82, 2.24) is 5.32 Å². The average molecular weight is 312 g/mol. The molecular weight excluding hydrogens is 290 g/mol. The third-order valence-corrected chi connectivity index (χ3v) is 4.38. The number of carbonyl (C=O) groups is 1. The predicted octanol–water partition coefficient (Wildman–Crippen LogP) is 2.01. The lowest BCUT2D eigenvalue weighted by atomic mass is 9.99. The molecule has 4 atom stereocenters. The van der Waals surface area contributed by atoms with Crippen molar-refractivity contribution in [3.05, 3.63) is 35.9 Å². The molecule has 2 saturated heterocycles. The van der Waals surface area contributed by atoms with E-state index >= 15 is 0 Å². The molecule has 1 aromatic carbocycles. The van der Waals surface area contributed by atoms with Crippen molar-refractivity contribution >= 4 is 18.4 Å². The number of nitrogens with one attached hydrogen (secondary N) is 1. The van der Waals surface area contributed by atoms with Crippen LogP contribution in [0.5, 0.6) is 0 Å². The number of hydrogen-bond acceptors (Lipinski definition) is 4. The van der Waals surface area contributed by atoms with E-state index in [4.69, 9.17) is 4.74 Å². The van der Waals surface area contributed by atoms with Gasteiger partial charge in [-0.25, -0.2) is 0 Å². The average Bonchev–Trinajstić information content (AvgIpc) is 2.80. The van der Waals surface area contributed by atoms with Crippen LogP contribution in [-0.2, 0) is 9.53 Å². The van der Waals surface area contributed by atoms with Crippen molar-refractivity contribution in [2.45, 2.75) is 49.8 Å². The monoisotopic (exact) mass is 311 g/mol. The zero-order valence-electron chi connectivity index (χ0n) is 11.9. The number of aliphatic hydroxyl groups is 1. The highest BCUT2D eigenvalue weighted by Crippen LogP contribution is 2.29. The number of ether oxygens (including phenoxy) is 1. The lowest BCUT2D eigenvalue weighted by Crippen LogP contribution is -2.42. The van der Waals surface area contributed by atoms with Gasteiger partial charge in [0.05, 0.1) is 6.61 Å². The Morgan fingerprint density at radius 2 is 1.86 bits per heavy atom. The van der Waals surface area contributed by atoms with Gasteiger partial charge in [-0.1, -0.05) is 30.3 Å². The molecule has 0 spiro atoms. The van der Waals surface area contributed by atoms with Gasteiger partial charge in [0.25, 0.3) is 0 Å². The molecule has 0 saturated carbocycles. The first-order valence-corrected chi connectivity index (χ1v) is 7.38. The van der Waals surface area contributed by atoms with E-state index in [0.717, 1.165) is 18.4 Å². The molecule has 1 aromatic rings. The lowest BCUT2D eigenvalue weighted by molar-refractivity contribution is -0.153. The fourth-order valence-electron chi connectivity index (χ4n) is 3.35. The lowest BCUT2D eigenvalue weighted by Gasteiger charge is -2.29. The molecule has 2 aliphatic heterocycles. The van der Waals surface area contributed by atoms with Gasteiger partial charge in [0.2, 0.25) is 0 Å². The summed E-state index contributed by atoms with van der Waals surface area (Å²) < 4.78 is 5.64. The van der Waals surface area contributed by atoms with Gasteiger partial charge in [0, 0.05) is 12.1 Å². The van der Waals surface area contributed by atoms with Gasteiger partial charge < -0.3 is 15.2 Å². The zero-order chi connectivity index (χ0) is 13.9. The molecule has 2 aliphatic rings.